The topological polar surface area (TPSA) is 15.3 Å². The van der Waals surface area contributed by atoms with E-state index in [1.807, 2.05) is 0 Å². The van der Waals surface area contributed by atoms with Crippen LogP contribution in [-0.4, -0.2) is 23.5 Å². The zero-order valence-corrected chi connectivity index (χ0v) is 14.4. The minimum absolute atomic E-state index is 0.169. The molecule has 0 radical (unpaired) electrons. The van der Waals surface area contributed by atoms with E-state index in [0.717, 1.165) is 24.9 Å². The van der Waals surface area contributed by atoms with Gasteiger partial charge in [-0.15, -0.1) is 0 Å². The maximum atomic E-state index is 3.61. The first kappa shape index (κ1) is 16.5. The largest absolute Gasteiger partial charge is 0.308 e. The number of rotatable bonds is 4. The summed E-state index contributed by atoms with van der Waals surface area (Å²) in [5, 5.41) is 3.61. The van der Waals surface area contributed by atoms with Gasteiger partial charge in [-0.1, -0.05) is 38.1 Å². The molecule has 1 fully saturated rings. The lowest BCUT2D eigenvalue weighted by Crippen LogP contribution is -2.38. The van der Waals surface area contributed by atoms with Crippen molar-refractivity contribution in [3.05, 3.63) is 35.4 Å². The van der Waals surface area contributed by atoms with Crippen molar-refractivity contribution in [3.8, 4) is 0 Å². The SMILES string of the molecule is CC1CCN(Cc2ccccc2CNC(C)(C)C)CC1C. The average Bonchev–Trinajstić information content (AvgIpc) is 2.41. The minimum atomic E-state index is 0.169. The zero-order valence-electron chi connectivity index (χ0n) is 14.4. The van der Waals surface area contributed by atoms with E-state index in [1.54, 1.807) is 0 Å². The summed E-state index contributed by atoms with van der Waals surface area (Å²) >= 11 is 0. The van der Waals surface area contributed by atoms with Gasteiger partial charge in [-0.25, -0.2) is 0 Å². The second-order valence-electron chi connectivity index (χ2n) is 7.85. The van der Waals surface area contributed by atoms with Crippen LogP contribution in [0.2, 0.25) is 0 Å². The number of hydrogen-bond donors (Lipinski definition) is 1. The van der Waals surface area contributed by atoms with Crippen LogP contribution in [0.5, 0.6) is 0 Å². The van der Waals surface area contributed by atoms with E-state index in [4.69, 9.17) is 0 Å². The summed E-state index contributed by atoms with van der Waals surface area (Å²) in [6.07, 6.45) is 1.34. The van der Waals surface area contributed by atoms with Gasteiger partial charge in [0.25, 0.3) is 0 Å². The summed E-state index contributed by atoms with van der Waals surface area (Å²) < 4.78 is 0. The van der Waals surface area contributed by atoms with Gasteiger partial charge in [0, 0.05) is 25.2 Å². The van der Waals surface area contributed by atoms with E-state index in [-0.39, 0.29) is 5.54 Å². The van der Waals surface area contributed by atoms with Gasteiger partial charge in [0.2, 0.25) is 0 Å². The molecule has 118 valence electrons. The molecule has 1 saturated heterocycles. The van der Waals surface area contributed by atoms with Crippen molar-refractivity contribution in [2.75, 3.05) is 13.1 Å². The number of hydrogen-bond acceptors (Lipinski definition) is 2. The molecule has 1 aromatic rings. The van der Waals surface area contributed by atoms with Crippen molar-refractivity contribution in [2.24, 2.45) is 11.8 Å². The molecule has 1 N–H and O–H groups in total. The van der Waals surface area contributed by atoms with Crippen LogP contribution in [0.4, 0.5) is 0 Å². The van der Waals surface area contributed by atoms with Gasteiger partial charge in [-0.05, 0) is 56.7 Å². The predicted octanol–water partition coefficient (Wildman–Crippen LogP) is 4.05. The molecule has 1 aliphatic heterocycles. The Balaban J connectivity index is 2.00. The number of nitrogens with zero attached hydrogens (tertiary/aromatic N) is 1. The second kappa shape index (κ2) is 6.93. The van der Waals surface area contributed by atoms with Crippen molar-refractivity contribution in [1.29, 1.82) is 0 Å². The normalized spacial score (nSPS) is 24.2. The Hall–Kier alpha value is -0.860. The van der Waals surface area contributed by atoms with E-state index in [1.165, 1.54) is 30.6 Å². The first-order valence-electron chi connectivity index (χ1n) is 8.39. The highest BCUT2D eigenvalue weighted by atomic mass is 15.1. The van der Waals surface area contributed by atoms with Crippen molar-refractivity contribution < 1.29 is 0 Å². The van der Waals surface area contributed by atoms with E-state index in [2.05, 4.69) is 69.1 Å². The molecule has 1 aromatic carbocycles. The predicted molar refractivity (Wildman–Crippen MR) is 91.3 cm³/mol. The molecule has 21 heavy (non-hydrogen) atoms. The van der Waals surface area contributed by atoms with Crippen molar-refractivity contribution in [2.45, 2.75) is 59.7 Å². The first-order valence-corrected chi connectivity index (χ1v) is 8.39. The molecule has 2 atom stereocenters. The number of benzene rings is 1. The average molecular weight is 288 g/mol. The fraction of sp³-hybridized carbons (Fsp3) is 0.684. The Morgan fingerprint density at radius 1 is 1.10 bits per heavy atom. The van der Waals surface area contributed by atoms with E-state index in [9.17, 15) is 0 Å². The lowest BCUT2D eigenvalue weighted by Gasteiger charge is -2.35. The number of likely N-dealkylation sites (tertiary alicyclic amines) is 1. The van der Waals surface area contributed by atoms with Gasteiger partial charge in [0.05, 0.1) is 0 Å². The lowest BCUT2D eigenvalue weighted by molar-refractivity contribution is 0.132. The Morgan fingerprint density at radius 3 is 2.38 bits per heavy atom. The van der Waals surface area contributed by atoms with Crippen LogP contribution >= 0.6 is 0 Å². The molecule has 0 aromatic heterocycles. The summed E-state index contributed by atoms with van der Waals surface area (Å²) in [6.45, 7) is 16.0. The van der Waals surface area contributed by atoms with Crippen LogP contribution < -0.4 is 5.32 Å². The van der Waals surface area contributed by atoms with Gasteiger partial charge < -0.3 is 5.32 Å². The monoisotopic (exact) mass is 288 g/mol. The van der Waals surface area contributed by atoms with Crippen molar-refractivity contribution in [1.82, 2.24) is 10.2 Å². The maximum Gasteiger partial charge on any atom is 0.0237 e. The molecule has 1 aliphatic rings. The summed E-state index contributed by atoms with van der Waals surface area (Å²) in [5.41, 5.74) is 3.09. The molecule has 2 heteroatoms. The highest BCUT2D eigenvalue weighted by Crippen LogP contribution is 2.24. The van der Waals surface area contributed by atoms with Gasteiger partial charge in [0.15, 0.2) is 0 Å². The highest BCUT2D eigenvalue weighted by molar-refractivity contribution is 5.27. The molecule has 1 heterocycles. The van der Waals surface area contributed by atoms with Gasteiger partial charge in [0.1, 0.15) is 0 Å². The Kier molecular flexibility index (Phi) is 5.45. The Bertz CT molecular complexity index is 447. The fourth-order valence-corrected chi connectivity index (χ4v) is 2.98. The molecule has 2 unspecified atom stereocenters. The summed E-state index contributed by atoms with van der Waals surface area (Å²) in [5.74, 6) is 1.69. The third-order valence-electron chi connectivity index (χ3n) is 4.74. The van der Waals surface area contributed by atoms with Crippen molar-refractivity contribution in [3.63, 3.8) is 0 Å². The van der Waals surface area contributed by atoms with Crippen LogP contribution in [0, 0.1) is 11.8 Å². The molecule has 0 bridgehead atoms. The maximum absolute atomic E-state index is 3.61. The second-order valence-corrected chi connectivity index (χ2v) is 7.85. The van der Waals surface area contributed by atoms with Gasteiger partial charge in [-0.3, -0.25) is 4.90 Å². The van der Waals surface area contributed by atoms with E-state index >= 15 is 0 Å². The zero-order chi connectivity index (χ0) is 15.5. The third kappa shape index (κ3) is 5.12. The quantitative estimate of drug-likeness (QED) is 0.899. The van der Waals surface area contributed by atoms with Crippen LogP contribution in [0.1, 0.15) is 52.2 Å². The van der Waals surface area contributed by atoms with Crippen LogP contribution in [0.15, 0.2) is 24.3 Å². The van der Waals surface area contributed by atoms with E-state index in [0.29, 0.717) is 0 Å². The summed E-state index contributed by atoms with van der Waals surface area (Å²) in [4.78, 5) is 2.63. The third-order valence-corrected chi connectivity index (χ3v) is 4.74. The summed E-state index contributed by atoms with van der Waals surface area (Å²) in [7, 11) is 0. The molecule has 2 rings (SSSR count). The number of piperidine rings is 1. The lowest BCUT2D eigenvalue weighted by atomic mass is 9.88. The van der Waals surface area contributed by atoms with Crippen LogP contribution in [0.25, 0.3) is 0 Å². The smallest absolute Gasteiger partial charge is 0.0237 e. The standard InChI is InChI=1S/C19H32N2/c1-15-10-11-21(13-16(15)2)14-18-9-7-6-8-17(18)12-20-19(3,4)5/h6-9,15-16,20H,10-14H2,1-5H3. The molecule has 0 saturated carbocycles. The van der Waals surface area contributed by atoms with Gasteiger partial charge in [-0.2, -0.15) is 0 Å². The van der Waals surface area contributed by atoms with Crippen molar-refractivity contribution >= 4 is 0 Å². The molecule has 0 aliphatic carbocycles. The molecule has 2 nitrogen and oxygen atoms in total. The molecule has 0 spiro atoms. The van der Waals surface area contributed by atoms with Gasteiger partial charge >= 0.3 is 0 Å². The Labute approximate surface area is 130 Å². The Morgan fingerprint density at radius 2 is 1.76 bits per heavy atom. The highest BCUT2D eigenvalue weighted by Gasteiger charge is 2.23. The molecular formula is C19H32N2. The summed E-state index contributed by atoms with van der Waals surface area (Å²) in [6, 6.07) is 8.89. The molecule has 0 amide bonds. The van der Waals surface area contributed by atoms with Crippen LogP contribution in [0.3, 0.4) is 0 Å². The molecular weight excluding hydrogens is 256 g/mol. The van der Waals surface area contributed by atoms with E-state index < -0.39 is 0 Å². The fourth-order valence-electron chi connectivity index (χ4n) is 2.98. The number of nitrogens with one attached hydrogen (secondary N) is 1. The van der Waals surface area contributed by atoms with Crippen LogP contribution in [-0.2, 0) is 13.1 Å². The minimum Gasteiger partial charge on any atom is -0.308 e. The first-order chi connectivity index (χ1) is 9.85.